The van der Waals surface area contributed by atoms with Gasteiger partial charge in [-0.2, -0.15) is 0 Å². The van der Waals surface area contributed by atoms with Crippen LogP contribution in [0, 0.1) is 5.82 Å². The van der Waals surface area contributed by atoms with E-state index >= 15 is 0 Å². The van der Waals surface area contributed by atoms with Gasteiger partial charge >= 0.3 is 0 Å². The number of rotatable bonds is 4. The van der Waals surface area contributed by atoms with E-state index in [1.54, 1.807) is 12.1 Å². The van der Waals surface area contributed by atoms with Gasteiger partial charge in [0.25, 0.3) is 0 Å². The molecule has 0 saturated carbocycles. The molecule has 3 rings (SSSR count). The summed E-state index contributed by atoms with van der Waals surface area (Å²) in [4.78, 5) is 4.87. The Labute approximate surface area is 144 Å². The zero-order valence-electron chi connectivity index (χ0n) is 14.5. The number of likely N-dealkylation sites (N-methyl/N-ethyl adjacent to an activating group) is 1. The Bertz CT molecular complexity index is 708. The van der Waals surface area contributed by atoms with Gasteiger partial charge in [0.15, 0.2) is 0 Å². The molecule has 1 heterocycles. The van der Waals surface area contributed by atoms with Crippen molar-refractivity contribution in [2.24, 2.45) is 0 Å². The Hall–Kier alpha value is -1.97. The third-order valence-corrected chi connectivity index (χ3v) is 4.83. The molecule has 1 fully saturated rings. The molecule has 0 aliphatic carbocycles. The smallest absolute Gasteiger partial charge is 0.123 e. The predicted octanol–water partition coefficient (Wildman–Crippen LogP) is 4.35. The van der Waals surface area contributed by atoms with E-state index < -0.39 is 0 Å². The first-order valence-corrected chi connectivity index (χ1v) is 8.46. The van der Waals surface area contributed by atoms with Crippen molar-refractivity contribution in [2.45, 2.75) is 19.5 Å². The highest BCUT2D eigenvalue weighted by Crippen LogP contribution is 2.30. The summed E-state index contributed by atoms with van der Waals surface area (Å²) in [6, 6.07) is 15.7. The molecule has 1 unspecified atom stereocenters. The Morgan fingerprint density at radius 1 is 1.12 bits per heavy atom. The summed E-state index contributed by atoms with van der Waals surface area (Å²) >= 11 is 0. The summed E-state index contributed by atoms with van der Waals surface area (Å²) in [5.41, 5.74) is 4.86. The fourth-order valence-electron chi connectivity index (χ4n) is 3.43. The zero-order chi connectivity index (χ0) is 17.1. The van der Waals surface area contributed by atoms with Crippen molar-refractivity contribution in [3.8, 4) is 0 Å². The number of hydrogen-bond donors (Lipinski definition) is 0. The van der Waals surface area contributed by atoms with Crippen molar-refractivity contribution in [3.05, 3.63) is 77.6 Å². The van der Waals surface area contributed by atoms with Crippen LogP contribution in [0.2, 0.25) is 0 Å². The van der Waals surface area contributed by atoms with Gasteiger partial charge in [-0.25, -0.2) is 4.39 Å². The minimum atomic E-state index is -0.176. The lowest BCUT2D eigenvalue weighted by Crippen LogP contribution is -2.46. The topological polar surface area (TPSA) is 6.48 Å². The summed E-state index contributed by atoms with van der Waals surface area (Å²) in [5.74, 6) is -0.176. The third kappa shape index (κ3) is 3.74. The van der Waals surface area contributed by atoms with Gasteiger partial charge in [0.1, 0.15) is 5.82 Å². The van der Waals surface area contributed by atoms with E-state index in [9.17, 15) is 4.39 Å². The SMILES string of the molecule is C=C(C)c1ccccc1C1CN(Cc2ccc(F)cc2)CCN1C. The predicted molar refractivity (Wildman–Crippen MR) is 98.2 cm³/mol. The molecule has 0 N–H and O–H groups in total. The molecule has 0 radical (unpaired) electrons. The van der Waals surface area contributed by atoms with E-state index in [1.165, 1.54) is 11.1 Å². The molecule has 2 aromatic carbocycles. The lowest BCUT2D eigenvalue weighted by atomic mass is 9.94. The average Bonchev–Trinajstić information content (AvgIpc) is 2.58. The van der Waals surface area contributed by atoms with Crippen LogP contribution in [0.1, 0.15) is 29.7 Å². The molecule has 3 heteroatoms. The van der Waals surface area contributed by atoms with Gasteiger partial charge in [0.05, 0.1) is 0 Å². The maximum Gasteiger partial charge on any atom is 0.123 e. The summed E-state index contributed by atoms with van der Waals surface area (Å²) in [5, 5.41) is 0. The highest BCUT2D eigenvalue weighted by Gasteiger charge is 2.27. The number of nitrogens with zero attached hydrogens (tertiary/aromatic N) is 2. The normalized spacial score (nSPS) is 19.4. The Morgan fingerprint density at radius 2 is 1.83 bits per heavy atom. The van der Waals surface area contributed by atoms with Gasteiger partial charge < -0.3 is 0 Å². The molecule has 0 amide bonds. The molecule has 1 saturated heterocycles. The standard InChI is InChI=1S/C21H25FN2/c1-16(2)19-6-4-5-7-20(19)21-15-24(13-12-23(21)3)14-17-8-10-18(22)11-9-17/h4-11,21H,1,12-15H2,2-3H3. The Balaban J connectivity index is 1.79. The third-order valence-electron chi connectivity index (χ3n) is 4.83. The molecule has 2 nitrogen and oxygen atoms in total. The number of allylic oxidation sites excluding steroid dienone is 1. The number of benzene rings is 2. The summed E-state index contributed by atoms with van der Waals surface area (Å²) < 4.78 is 13.1. The van der Waals surface area contributed by atoms with E-state index in [2.05, 4.69) is 54.6 Å². The van der Waals surface area contributed by atoms with Crippen molar-refractivity contribution in [2.75, 3.05) is 26.7 Å². The summed E-state index contributed by atoms with van der Waals surface area (Å²) in [7, 11) is 2.19. The average molecular weight is 324 g/mol. The van der Waals surface area contributed by atoms with E-state index in [0.717, 1.165) is 37.3 Å². The van der Waals surface area contributed by atoms with E-state index in [-0.39, 0.29) is 5.82 Å². The van der Waals surface area contributed by atoms with Crippen LogP contribution in [0.25, 0.3) is 5.57 Å². The first kappa shape index (κ1) is 16.9. The number of piperazine rings is 1. The molecular weight excluding hydrogens is 299 g/mol. The molecule has 24 heavy (non-hydrogen) atoms. The fraction of sp³-hybridized carbons (Fsp3) is 0.333. The van der Waals surface area contributed by atoms with Crippen LogP contribution in [-0.2, 0) is 6.54 Å². The number of halogens is 1. The Morgan fingerprint density at radius 3 is 2.54 bits per heavy atom. The van der Waals surface area contributed by atoms with Gasteiger partial charge in [-0.15, -0.1) is 0 Å². The lowest BCUT2D eigenvalue weighted by molar-refractivity contribution is 0.0903. The van der Waals surface area contributed by atoms with Crippen molar-refractivity contribution >= 4 is 5.57 Å². The van der Waals surface area contributed by atoms with Crippen molar-refractivity contribution in [1.29, 1.82) is 0 Å². The quantitative estimate of drug-likeness (QED) is 0.825. The van der Waals surface area contributed by atoms with Gasteiger partial charge in [-0.1, -0.05) is 48.6 Å². The van der Waals surface area contributed by atoms with Crippen LogP contribution in [0.15, 0.2) is 55.1 Å². The van der Waals surface area contributed by atoms with Crippen LogP contribution in [0.3, 0.4) is 0 Å². The van der Waals surface area contributed by atoms with E-state index in [4.69, 9.17) is 0 Å². The van der Waals surface area contributed by atoms with Crippen molar-refractivity contribution in [3.63, 3.8) is 0 Å². The molecule has 2 aromatic rings. The van der Waals surface area contributed by atoms with E-state index in [0.29, 0.717) is 6.04 Å². The molecule has 1 atom stereocenters. The fourth-order valence-corrected chi connectivity index (χ4v) is 3.43. The monoisotopic (exact) mass is 324 g/mol. The zero-order valence-corrected chi connectivity index (χ0v) is 14.5. The van der Waals surface area contributed by atoms with Gasteiger partial charge in [0.2, 0.25) is 0 Å². The maximum atomic E-state index is 13.1. The van der Waals surface area contributed by atoms with Gasteiger partial charge in [0, 0.05) is 32.2 Å². The first-order chi connectivity index (χ1) is 11.5. The molecule has 0 aromatic heterocycles. The van der Waals surface area contributed by atoms with Crippen LogP contribution < -0.4 is 0 Å². The van der Waals surface area contributed by atoms with E-state index in [1.807, 2.05) is 12.1 Å². The van der Waals surface area contributed by atoms with Crippen LogP contribution in [-0.4, -0.2) is 36.5 Å². The van der Waals surface area contributed by atoms with Gasteiger partial charge in [-0.3, -0.25) is 9.80 Å². The minimum absolute atomic E-state index is 0.176. The van der Waals surface area contributed by atoms with Crippen molar-refractivity contribution < 1.29 is 4.39 Å². The molecule has 0 bridgehead atoms. The second-order valence-electron chi connectivity index (χ2n) is 6.73. The summed E-state index contributed by atoms with van der Waals surface area (Å²) in [6.07, 6.45) is 0. The second kappa shape index (κ2) is 7.29. The minimum Gasteiger partial charge on any atom is -0.297 e. The summed E-state index contributed by atoms with van der Waals surface area (Å²) in [6.45, 7) is 10.1. The maximum absolute atomic E-state index is 13.1. The second-order valence-corrected chi connectivity index (χ2v) is 6.73. The largest absolute Gasteiger partial charge is 0.297 e. The Kier molecular flexibility index (Phi) is 5.12. The lowest BCUT2D eigenvalue weighted by Gasteiger charge is -2.40. The van der Waals surface area contributed by atoms with Crippen LogP contribution in [0.4, 0.5) is 4.39 Å². The molecular formula is C21H25FN2. The highest BCUT2D eigenvalue weighted by atomic mass is 19.1. The van der Waals surface area contributed by atoms with Crippen LogP contribution in [0.5, 0.6) is 0 Å². The van der Waals surface area contributed by atoms with Crippen molar-refractivity contribution in [1.82, 2.24) is 9.80 Å². The molecule has 0 spiro atoms. The molecule has 1 aliphatic heterocycles. The highest BCUT2D eigenvalue weighted by molar-refractivity contribution is 5.65. The number of hydrogen-bond acceptors (Lipinski definition) is 2. The van der Waals surface area contributed by atoms with Crippen LogP contribution >= 0.6 is 0 Å². The van der Waals surface area contributed by atoms with Gasteiger partial charge in [-0.05, 0) is 42.8 Å². The molecule has 1 aliphatic rings. The molecule has 126 valence electrons. The first-order valence-electron chi connectivity index (χ1n) is 8.46.